The highest BCUT2D eigenvalue weighted by molar-refractivity contribution is 6.39. The van der Waals surface area contributed by atoms with Gasteiger partial charge < -0.3 is 0 Å². The highest BCUT2D eigenvalue weighted by atomic mass is 35.5. The maximum atomic E-state index is 10.7. The average Bonchev–Trinajstić information content (AvgIpc) is 2.88. The number of aldehydes is 1. The minimum absolute atomic E-state index is 0.424. The molecule has 0 atom stereocenters. The van der Waals surface area contributed by atoms with E-state index in [4.69, 9.17) is 23.2 Å². The van der Waals surface area contributed by atoms with Crippen LogP contribution in [0.5, 0.6) is 0 Å². The van der Waals surface area contributed by atoms with Crippen molar-refractivity contribution in [3.63, 3.8) is 0 Å². The maximum Gasteiger partial charge on any atom is 0.153 e. The predicted molar refractivity (Wildman–Crippen MR) is 53.8 cm³/mol. The fourth-order valence-corrected chi connectivity index (χ4v) is 2.02. The average molecular weight is 215 g/mol. The molecule has 1 fully saturated rings. The summed E-state index contributed by atoms with van der Waals surface area (Å²) in [6, 6.07) is 3.65. The Morgan fingerprint density at radius 2 is 2.00 bits per heavy atom. The molecule has 0 spiro atoms. The molecule has 0 unspecified atom stereocenters. The van der Waals surface area contributed by atoms with Crippen molar-refractivity contribution in [3.8, 4) is 0 Å². The largest absolute Gasteiger partial charge is 0.298 e. The Hall–Kier alpha value is -0.530. The molecule has 1 aromatic rings. The molecule has 0 aromatic heterocycles. The Morgan fingerprint density at radius 3 is 2.54 bits per heavy atom. The quantitative estimate of drug-likeness (QED) is 0.687. The van der Waals surface area contributed by atoms with E-state index >= 15 is 0 Å². The molecule has 0 N–H and O–H groups in total. The molecule has 0 amide bonds. The van der Waals surface area contributed by atoms with Crippen molar-refractivity contribution < 1.29 is 4.79 Å². The van der Waals surface area contributed by atoms with Gasteiger partial charge in [0.1, 0.15) is 0 Å². The topological polar surface area (TPSA) is 17.1 Å². The van der Waals surface area contributed by atoms with E-state index in [1.807, 2.05) is 6.07 Å². The van der Waals surface area contributed by atoms with E-state index in [-0.39, 0.29) is 0 Å². The number of benzene rings is 1. The molecule has 0 aliphatic heterocycles. The minimum atomic E-state index is 0.424. The Kier molecular flexibility index (Phi) is 2.31. The van der Waals surface area contributed by atoms with E-state index in [1.165, 1.54) is 12.8 Å². The molecule has 0 heterocycles. The van der Waals surface area contributed by atoms with Crippen molar-refractivity contribution in [3.05, 3.63) is 33.3 Å². The summed E-state index contributed by atoms with van der Waals surface area (Å²) in [6.07, 6.45) is 3.05. The van der Waals surface area contributed by atoms with E-state index in [9.17, 15) is 4.79 Å². The summed E-state index contributed by atoms with van der Waals surface area (Å²) in [5.41, 5.74) is 1.49. The first-order valence-corrected chi connectivity index (χ1v) is 4.92. The molecule has 1 aliphatic rings. The van der Waals surface area contributed by atoms with Crippen molar-refractivity contribution in [2.24, 2.45) is 0 Å². The van der Waals surface area contributed by atoms with Gasteiger partial charge in [-0.25, -0.2) is 0 Å². The molecule has 13 heavy (non-hydrogen) atoms. The second-order valence-electron chi connectivity index (χ2n) is 3.26. The Balaban J connectivity index is 2.53. The summed E-state index contributed by atoms with van der Waals surface area (Å²) >= 11 is 11.8. The standard InChI is InChI=1S/C10H8Cl2O/c11-9-4-3-7(6-1-2-6)10(12)8(9)5-13/h3-6H,1-2H2. The lowest BCUT2D eigenvalue weighted by Gasteiger charge is -2.05. The molecule has 1 aromatic carbocycles. The smallest absolute Gasteiger partial charge is 0.153 e. The monoisotopic (exact) mass is 214 g/mol. The lowest BCUT2D eigenvalue weighted by Crippen LogP contribution is -1.89. The van der Waals surface area contributed by atoms with Gasteiger partial charge in [-0.1, -0.05) is 29.3 Å². The molecular formula is C10H8Cl2O. The third kappa shape index (κ3) is 1.59. The fourth-order valence-electron chi connectivity index (χ4n) is 1.40. The zero-order chi connectivity index (χ0) is 9.42. The Labute approximate surface area is 86.7 Å². The van der Waals surface area contributed by atoms with Gasteiger partial charge in [0, 0.05) is 0 Å². The molecule has 2 rings (SSSR count). The third-order valence-corrected chi connectivity index (χ3v) is 3.04. The first kappa shape index (κ1) is 9.04. The van der Waals surface area contributed by atoms with E-state index in [1.54, 1.807) is 6.07 Å². The second-order valence-corrected chi connectivity index (χ2v) is 4.04. The molecule has 0 bridgehead atoms. The van der Waals surface area contributed by atoms with Gasteiger partial charge in [0.25, 0.3) is 0 Å². The van der Waals surface area contributed by atoms with Crippen molar-refractivity contribution in [1.82, 2.24) is 0 Å². The number of hydrogen-bond donors (Lipinski definition) is 0. The molecule has 68 valence electrons. The third-order valence-electron chi connectivity index (χ3n) is 2.29. The summed E-state index contributed by atoms with van der Waals surface area (Å²) < 4.78 is 0. The van der Waals surface area contributed by atoms with E-state index in [2.05, 4.69) is 0 Å². The SMILES string of the molecule is O=Cc1c(Cl)ccc(C2CC2)c1Cl. The van der Waals surface area contributed by atoms with Crippen LogP contribution in [0.15, 0.2) is 12.1 Å². The molecule has 0 radical (unpaired) electrons. The summed E-state index contributed by atoms with van der Waals surface area (Å²) in [5, 5.41) is 0.967. The lowest BCUT2D eigenvalue weighted by atomic mass is 10.1. The van der Waals surface area contributed by atoms with Crippen LogP contribution in [0.4, 0.5) is 0 Å². The summed E-state index contributed by atoms with van der Waals surface area (Å²) in [7, 11) is 0. The number of rotatable bonds is 2. The van der Waals surface area contributed by atoms with Crippen LogP contribution in [-0.4, -0.2) is 6.29 Å². The number of hydrogen-bond acceptors (Lipinski definition) is 1. The van der Waals surface area contributed by atoms with Crippen molar-refractivity contribution in [1.29, 1.82) is 0 Å². The summed E-state index contributed by atoms with van der Waals surface area (Å²) in [6.45, 7) is 0. The first-order chi connectivity index (χ1) is 6.24. The van der Waals surface area contributed by atoms with Gasteiger partial charge in [-0.3, -0.25) is 4.79 Å². The Bertz CT molecular complexity index is 356. The normalized spacial score (nSPS) is 15.8. The van der Waals surface area contributed by atoms with Gasteiger partial charge in [-0.05, 0) is 30.4 Å². The molecule has 1 saturated carbocycles. The number of halogens is 2. The van der Waals surface area contributed by atoms with Crippen LogP contribution in [0.1, 0.15) is 34.7 Å². The van der Waals surface area contributed by atoms with Gasteiger partial charge >= 0.3 is 0 Å². The van der Waals surface area contributed by atoms with Gasteiger partial charge in [-0.15, -0.1) is 0 Å². The van der Waals surface area contributed by atoms with E-state index < -0.39 is 0 Å². The van der Waals surface area contributed by atoms with Crippen molar-refractivity contribution in [2.75, 3.05) is 0 Å². The highest BCUT2D eigenvalue weighted by Gasteiger charge is 2.27. The molecule has 0 saturated heterocycles. The van der Waals surface area contributed by atoms with Gasteiger partial charge in [0.2, 0.25) is 0 Å². The van der Waals surface area contributed by atoms with Crippen LogP contribution < -0.4 is 0 Å². The van der Waals surface area contributed by atoms with Crippen molar-refractivity contribution >= 4 is 29.5 Å². The van der Waals surface area contributed by atoms with Crippen LogP contribution in [0.3, 0.4) is 0 Å². The molecule has 1 aliphatic carbocycles. The first-order valence-electron chi connectivity index (χ1n) is 4.17. The molecule has 1 nitrogen and oxygen atoms in total. The van der Waals surface area contributed by atoms with E-state index in [0.717, 1.165) is 11.8 Å². The van der Waals surface area contributed by atoms with E-state index in [0.29, 0.717) is 21.5 Å². The van der Waals surface area contributed by atoms with Gasteiger partial charge in [0.15, 0.2) is 6.29 Å². The van der Waals surface area contributed by atoms with Crippen LogP contribution in [0.25, 0.3) is 0 Å². The number of carbonyl (C=O) groups excluding carboxylic acids is 1. The van der Waals surface area contributed by atoms with Crippen LogP contribution in [0, 0.1) is 0 Å². The van der Waals surface area contributed by atoms with Crippen LogP contribution in [-0.2, 0) is 0 Å². The molecular weight excluding hydrogens is 207 g/mol. The molecule has 3 heteroatoms. The second kappa shape index (κ2) is 3.32. The highest BCUT2D eigenvalue weighted by Crippen LogP contribution is 2.44. The predicted octanol–water partition coefficient (Wildman–Crippen LogP) is 3.68. The minimum Gasteiger partial charge on any atom is -0.298 e. The van der Waals surface area contributed by atoms with Gasteiger partial charge in [-0.2, -0.15) is 0 Å². The van der Waals surface area contributed by atoms with Crippen LogP contribution in [0.2, 0.25) is 10.0 Å². The summed E-state index contributed by atoms with van der Waals surface area (Å²) in [5.74, 6) is 0.545. The zero-order valence-electron chi connectivity index (χ0n) is 6.89. The Morgan fingerprint density at radius 1 is 1.31 bits per heavy atom. The van der Waals surface area contributed by atoms with Crippen molar-refractivity contribution in [2.45, 2.75) is 18.8 Å². The van der Waals surface area contributed by atoms with Crippen LogP contribution >= 0.6 is 23.2 Å². The maximum absolute atomic E-state index is 10.7. The lowest BCUT2D eigenvalue weighted by molar-refractivity contribution is 0.112. The zero-order valence-corrected chi connectivity index (χ0v) is 8.40. The fraction of sp³-hybridized carbons (Fsp3) is 0.300. The summed E-state index contributed by atoms with van der Waals surface area (Å²) in [4.78, 5) is 10.7. The number of carbonyl (C=O) groups is 1. The van der Waals surface area contributed by atoms with Gasteiger partial charge in [0.05, 0.1) is 15.6 Å².